The average molecular weight is 264 g/mol. The standard InChI is InChI=1S/C14H20N2OS/c1-10(8-15)9-18-13-3-4-14-12(7-13)5-6-16(14)11(2)17/h3-4,7,10H,5-6,8-9,15H2,1-2H3. The summed E-state index contributed by atoms with van der Waals surface area (Å²) in [6.45, 7) is 5.34. The Kier molecular flexibility index (Phi) is 4.30. The monoisotopic (exact) mass is 264 g/mol. The molecule has 1 atom stereocenters. The largest absolute Gasteiger partial charge is 0.330 e. The maximum absolute atomic E-state index is 11.5. The minimum Gasteiger partial charge on any atom is -0.330 e. The van der Waals surface area contributed by atoms with Gasteiger partial charge in [0.25, 0.3) is 0 Å². The molecule has 0 bridgehead atoms. The lowest BCUT2D eigenvalue weighted by Crippen LogP contribution is -2.25. The molecule has 3 nitrogen and oxygen atoms in total. The highest BCUT2D eigenvalue weighted by Gasteiger charge is 2.22. The van der Waals surface area contributed by atoms with E-state index < -0.39 is 0 Å². The second kappa shape index (κ2) is 5.76. The first-order chi connectivity index (χ1) is 8.61. The summed E-state index contributed by atoms with van der Waals surface area (Å²) in [7, 11) is 0. The molecule has 0 saturated heterocycles. The zero-order valence-corrected chi connectivity index (χ0v) is 11.8. The topological polar surface area (TPSA) is 46.3 Å². The molecule has 0 fully saturated rings. The highest BCUT2D eigenvalue weighted by molar-refractivity contribution is 7.99. The zero-order chi connectivity index (χ0) is 13.1. The number of nitrogens with two attached hydrogens (primary N) is 1. The van der Waals surface area contributed by atoms with Crippen molar-refractivity contribution in [1.82, 2.24) is 0 Å². The zero-order valence-electron chi connectivity index (χ0n) is 11.0. The number of anilines is 1. The van der Waals surface area contributed by atoms with Gasteiger partial charge in [-0.25, -0.2) is 0 Å². The Morgan fingerprint density at radius 2 is 2.33 bits per heavy atom. The fraction of sp³-hybridized carbons (Fsp3) is 0.500. The second-order valence-electron chi connectivity index (χ2n) is 4.86. The van der Waals surface area contributed by atoms with Crippen molar-refractivity contribution in [3.8, 4) is 0 Å². The molecule has 1 amide bonds. The summed E-state index contributed by atoms with van der Waals surface area (Å²) < 4.78 is 0. The summed E-state index contributed by atoms with van der Waals surface area (Å²) in [5.74, 6) is 1.72. The molecule has 2 N–H and O–H groups in total. The molecule has 1 heterocycles. The van der Waals surface area contributed by atoms with Gasteiger partial charge in [-0.3, -0.25) is 4.79 Å². The lowest BCUT2D eigenvalue weighted by molar-refractivity contribution is -0.116. The third-order valence-electron chi connectivity index (χ3n) is 3.26. The van der Waals surface area contributed by atoms with Crippen LogP contribution in [0.5, 0.6) is 0 Å². The van der Waals surface area contributed by atoms with Gasteiger partial charge in [0.15, 0.2) is 0 Å². The number of carbonyl (C=O) groups excluding carboxylic acids is 1. The van der Waals surface area contributed by atoms with Crippen LogP contribution in [0.4, 0.5) is 5.69 Å². The van der Waals surface area contributed by atoms with E-state index in [1.807, 2.05) is 16.7 Å². The fourth-order valence-corrected chi connectivity index (χ4v) is 3.10. The van der Waals surface area contributed by atoms with Crippen molar-refractivity contribution < 1.29 is 4.79 Å². The Morgan fingerprint density at radius 1 is 1.56 bits per heavy atom. The second-order valence-corrected chi connectivity index (χ2v) is 5.96. The highest BCUT2D eigenvalue weighted by atomic mass is 32.2. The van der Waals surface area contributed by atoms with Crippen LogP contribution in [0.1, 0.15) is 19.4 Å². The molecule has 1 aliphatic heterocycles. The van der Waals surface area contributed by atoms with Gasteiger partial charge in [-0.05, 0) is 42.6 Å². The number of amides is 1. The molecular formula is C14H20N2OS. The van der Waals surface area contributed by atoms with E-state index in [2.05, 4.69) is 25.1 Å². The minimum absolute atomic E-state index is 0.130. The van der Waals surface area contributed by atoms with Gasteiger partial charge in [-0.1, -0.05) is 6.92 Å². The van der Waals surface area contributed by atoms with Crippen LogP contribution in [0.15, 0.2) is 23.1 Å². The Labute approximate surface area is 113 Å². The van der Waals surface area contributed by atoms with Gasteiger partial charge in [0.1, 0.15) is 0 Å². The molecule has 0 saturated carbocycles. The Hall–Kier alpha value is -1.00. The number of fused-ring (bicyclic) bond motifs is 1. The normalized spacial score (nSPS) is 15.6. The fourth-order valence-electron chi connectivity index (χ4n) is 2.10. The Bertz CT molecular complexity index is 447. The van der Waals surface area contributed by atoms with E-state index in [1.54, 1.807) is 6.92 Å². The molecule has 0 radical (unpaired) electrons. The van der Waals surface area contributed by atoms with Crippen molar-refractivity contribution in [2.45, 2.75) is 25.2 Å². The van der Waals surface area contributed by atoms with Crippen molar-refractivity contribution in [3.63, 3.8) is 0 Å². The van der Waals surface area contributed by atoms with Crippen molar-refractivity contribution in [2.24, 2.45) is 11.7 Å². The predicted octanol–water partition coefficient (Wildman–Crippen LogP) is 2.28. The van der Waals surface area contributed by atoms with Crippen LogP contribution in [0.25, 0.3) is 0 Å². The maximum Gasteiger partial charge on any atom is 0.223 e. The summed E-state index contributed by atoms with van der Waals surface area (Å²) in [5.41, 5.74) is 7.99. The molecule has 1 aromatic rings. The lowest BCUT2D eigenvalue weighted by atomic mass is 10.2. The molecule has 18 heavy (non-hydrogen) atoms. The van der Waals surface area contributed by atoms with E-state index in [0.29, 0.717) is 5.92 Å². The number of rotatable bonds is 4. The average Bonchev–Trinajstić information content (AvgIpc) is 2.78. The molecule has 1 aliphatic rings. The molecule has 0 aliphatic carbocycles. The highest BCUT2D eigenvalue weighted by Crippen LogP contribution is 2.32. The van der Waals surface area contributed by atoms with Gasteiger partial charge in [-0.2, -0.15) is 0 Å². The third kappa shape index (κ3) is 2.87. The van der Waals surface area contributed by atoms with Crippen molar-refractivity contribution >= 4 is 23.4 Å². The molecule has 1 unspecified atom stereocenters. The minimum atomic E-state index is 0.130. The number of carbonyl (C=O) groups is 1. The first-order valence-corrected chi connectivity index (χ1v) is 7.34. The molecule has 1 aromatic carbocycles. The van der Waals surface area contributed by atoms with E-state index in [1.165, 1.54) is 10.5 Å². The summed E-state index contributed by atoms with van der Waals surface area (Å²) in [6, 6.07) is 6.39. The Balaban J connectivity index is 2.07. The van der Waals surface area contributed by atoms with E-state index in [-0.39, 0.29) is 5.91 Å². The number of benzene rings is 1. The predicted molar refractivity (Wildman–Crippen MR) is 77.1 cm³/mol. The molecule has 2 rings (SSSR count). The maximum atomic E-state index is 11.5. The number of hydrogen-bond acceptors (Lipinski definition) is 3. The lowest BCUT2D eigenvalue weighted by Gasteiger charge is -2.15. The van der Waals surface area contributed by atoms with Gasteiger partial charge in [0, 0.05) is 29.8 Å². The van der Waals surface area contributed by atoms with Crippen LogP contribution in [-0.4, -0.2) is 24.7 Å². The van der Waals surface area contributed by atoms with Crippen LogP contribution in [-0.2, 0) is 11.2 Å². The van der Waals surface area contributed by atoms with Crippen LogP contribution in [0, 0.1) is 5.92 Å². The van der Waals surface area contributed by atoms with Gasteiger partial charge >= 0.3 is 0 Å². The number of thioether (sulfide) groups is 1. The first-order valence-electron chi connectivity index (χ1n) is 6.35. The van der Waals surface area contributed by atoms with Crippen molar-refractivity contribution in [1.29, 1.82) is 0 Å². The summed E-state index contributed by atoms with van der Waals surface area (Å²) in [4.78, 5) is 14.6. The molecular weight excluding hydrogens is 244 g/mol. The van der Waals surface area contributed by atoms with Gasteiger partial charge in [0.05, 0.1) is 0 Å². The van der Waals surface area contributed by atoms with Gasteiger partial charge < -0.3 is 10.6 Å². The number of nitrogens with zero attached hydrogens (tertiary/aromatic N) is 1. The third-order valence-corrected chi connectivity index (χ3v) is 4.59. The summed E-state index contributed by atoms with van der Waals surface area (Å²) in [5, 5.41) is 0. The number of hydrogen-bond donors (Lipinski definition) is 1. The van der Waals surface area contributed by atoms with Crippen molar-refractivity contribution in [3.05, 3.63) is 23.8 Å². The molecule has 4 heteroatoms. The first kappa shape index (κ1) is 13.4. The molecule has 0 aromatic heterocycles. The van der Waals surface area contributed by atoms with Crippen LogP contribution in [0.2, 0.25) is 0 Å². The molecule has 98 valence electrons. The van der Waals surface area contributed by atoms with Gasteiger partial charge in [-0.15, -0.1) is 11.8 Å². The smallest absolute Gasteiger partial charge is 0.223 e. The SMILES string of the molecule is CC(=O)N1CCc2cc(SCC(C)CN)ccc21. The van der Waals surface area contributed by atoms with Gasteiger partial charge in [0.2, 0.25) is 5.91 Å². The van der Waals surface area contributed by atoms with Crippen LogP contribution >= 0.6 is 11.8 Å². The van der Waals surface area contributed by atoms with Crippen molar-refractivity contribution in [2.75, 3.05) is 23.7 Å². The van der Waals surface area contributed by atoms with Crippen LogP contribution < -0.4 is 10.6 Å². The van der Waals surface area contributed by atoms with E-state index >= 15 is 0 Å². The molecule has 0 spiro atoms. The van der Waals surface area contributed by atoms with E-state index in [9.17, 15) is 4.79 Å². The summed E-state index contributed by atoms with van der Waals surface area (Å²) >= 11 is 1.85. The quantitative estimate of drug-likeness (QED) is 0.849. The van der Waals surface area contributed by atoms with E-state index in [4.69, 9.17) is 5.73 Å². The summed E-state index contributed by atoms with van der Waals surface area (Å²) in [6.07, 6.45) is 0.968. The Morgan fingerprint density at radius 3 is 3.00 bits per heavy atom. The van der Waals surface area contributed by atoms with E-state index in [0.717, 1.165) is 31.0 Å². The van der Waals surface area contributed by atoms with Crippen LogP contribution in [0.3, 0.4) is 0 Å².